The lowest BCUT2D eigenvalue weighted by Gasteiger charge is -2.34. The molecule has 1 fully saturated rings. The van der Waals surface area contributed by atoms with Crippen LogP contribution in [-0.2, 0) is 16.1 Å². The molecule has 1 aliphatic heterocycles. The summed E-state index contributed by atoms with van der Waals surface area (Å²) in [7, 11) is 2.13. The first-order valence-electron chi connectivity index (χ1n) is 6.66. The highest BCUT2D eigenvalue weighted by atomic mass is 16.2. The number of piperazine rings is 1. The molecule has 2 amide bonds. The second-order valence-electron chi connectivity index (χ2n) is 5.00. The van der Waals surface area contributed by atoms with Crippen molar-refractivity contribution in [2.75, 3.05) is 38.1 Å². The summed E-state index contributed by atoms with van der Waals surface area (Å²) < 4.78 is 0. The molecular formula is C14H20N4O2. The van der Waals surface area contributed by atoms with Crippen molar-refractivity contribution in [2.24, 2.45) is 5.73 Å². The normalized spacial score (nSPS) is 15.9. The van der Waals surface area contributed by atoms with Gasteiger partial charge in [0.2, 0.25) is 0 Å². The van der Waals surface area contributed by atoms with Crippen molar-refractivity contribution in [1.82, 2.24) is 10.2 Å². The van der Waals surface area contributed by atoms with Crippen LogP contribution in [0.4, 0.5) is 5.69 Å². The summed E-state index contributed by atoms with van der Waals surface area (Å²) in [6, 6.07) is 7.98. The molecule has 0 unspecified atom stereocenters. The van der Waals surface area contributed by atoms with E-state index in [1.807, 2.05) is 24.3 Å². The Bertz CT molecular complexity index is 478. The number of likely N-dealkylation sites (N-methyl/N-ethyl adjacent to an activating group) is 1. The zero-order valence-electron chi connectivity index (χ0n) is 11.6. The lowest BCUT2D eigenvalue weighted by Crippen LogP contribution is -2.44. The number of anilines is 1. The van der Waals surface area contributed by atoms with Gasteiger partial charge in [0.25, 0.3) is 0 Å². The fourth-order valence-corrected chi connectivity index (χ4v) is 2.16. The summed E-state index contributed by atoms with van der Waals surface area (Å²) in [5.74, 6) is -1.72. The van der Waals surface area contributed by atoms with Gasteiger partial charge in [-0.05, 0) is 24.7 Å². The molecule has 0 spiro atoms. The molecule has 6 nitrogen and oxygen atoms in total. The van der Waals surface area contributed by atoms with E-state index in [2.05, 4.69) is 22.2 Å². The lowest BCUT2D eigenvalue weighted by atomic mass is 10.2. The van der Waals surface area contributed by atoms with Crippen molar-refractivity contribution in [2.45, 2.75) is 6.54 Å². The minimum atomic E-state index is -0.959. The smallest absolute Gasteiger partial charge is 0.309 e. The first-order chi connectivity index (χ1) is 9.56. The second kappa shape index (κ2) is 6.38. The number of nitrogens with one attached hydrogen (secondary N) is 1. The summed E-state index contributed by atoms with van der Waals surface area (Å²) in [6.07, 6.45) is 0. The first kappa shape index (κ1) is 14.3. The highest BCUT2D eigenvalue weighted by molar-refractivity contribution is 6.34. The van der Waals surface area contributed by atoms with E-state index in [0.717, 1.165) is 31.7 Å². The molecule has 20 heavy (non-hydrogen) atoms. The number of hydrogen-bond donors (Lipinski definition) is 2. The molecule has 6 heteroatoms. The second-order valence-corrected chi connectivity index (χ2v) is 5.00. The van der Waals surface area contributed by atoms with Crippen molar-refractivity contribution >= 4 is 17.5 Å². The topological polar surface area (TPSA) is 78.7 Å². The number of hydrogen-bond acceptors (Lipinski definition) is 4. The Balaban J connectivity index is 1.89. The number of carbonyl (C=O) groups excluding carboxylic acids is 2. The van der Waals surface area contributed by atoms with Crippen molar-refractivity contribution in [1.29, 1.82) is 0 Å². The number of rotatable bonds is 3. The van der Waals surface area contributed by atoms with Crippen LogP contribution in [-0.4, -0.2) is 49.9 Å². The van der Waals surface area contributed by atoms with E-state index >= 15 is 0 Å². The number of carbonyl (C=O) groups is 2. The Kier molecular flexibility index (Phi) is 4.57. The SMILES string of the molecule is CN1CCN(c2ccc(CNC(=O)C(N)=O)cc2)CC1. The van der Waals surface area contributed by atoms with Crippen LogP contribution in [0.3, 0.4) is 0 Å². The predicted octanol–water partition coefficient (Wildman–Crippen LogP) is -0.460. The van der Waals surface area contributed by atoms with E-state index in [1.54, 1.807) is 0 Å². The quantitative estimate of drug-likeness (QED) is 0.732. The van der Waals surface area contributed by atoms with E-state index in [1.165, 1.54) is 5.69 Å². The summed E-state index contributed by atoms with van der Waals surface area (Å²) in [5.41, 5.74) is 7.00. The van der Waals surface area contributed by atoms with Gasteiger partial charge in [0.15, 0.2) is 0 Å². The standard InChI is InChI=1S/C14H20N4O2/c1-17-6-8-18(9-7-17)12-4-2-11(3-5-12)10-16-14(20)13(15)19/h2-5H,6-10H2,1H3,(H2,15,19)(H,16,20). The van der Waals surface area contributed by atoms with Crippen molar-refractivity contribution in [3.05, 3.63) is 29.8 Å². The number of amides is 2. The number of nitrogens with zero attached hydrogens (tertiary/aromatic N) is 2. The summed E-state index contributed by atoms with van der Waals surface area (Å²) in [4.78, 5) is 26.3. The van der Waals surface area contributed by atoms with Gasteiger partial charge >= 0.3 is 11.8 Å². The molecule has 0 aliphatic carbocycles. The van der Waals surface area contributed by atoms with Gasteiger partial charge in [-0.2, -0.15) is 0 Å². The highest BCUT2D eigenvalue weighted by Crippen LogP contribution is 2.16. The van der Waals surface area contributed by atoms with Crippen molar-refractivity contribution in [3.8, 4) is 0 Å². The van der Waals surface area contributed by atoms with Crippen LogP contribution in [0.2, 0.25) is 0 Å². The summed E-state index contributed by atoms with van der Waals surface area (Å²) in [5, 5.41) is 2.47. The van der Waals surface area contributed by atoms with E-state index in [9.17, 15) is 9.59 Å². The highest BCUT2D eigenvalue weighted by Gasteiger charge is 2.14. The maximum atomic E-state index is 11.1. The zero-order chi connectivity index (χ0) is 14.5. The molecule has 1 heterocycles. The third-order valence-corrected chi connectivity index (χ3v) is 3.48. The van der Waals surface area contributed by atoms with Gasteiger partial charge < -0.3 is 20.9 Å². The van der Waals surface area contributed by atoms with Crippen LogP contribution in [0.15, 0.2) is 24.3 Å². The molecule has 1 aromatic carbocycles. The maximum Gasteiger partial charge on any atom is 0.309 e. The summed E-state index contributed by atoms with van der Waals surface area (Å²) in [6.45, 7) is 4.49. The van der Waals surface area contributed by atoms with Crippen LogP contribution in [0.5, 0.6) is 0 Å². The largest absolute Gasteiger partial charge is 0.369 e. The van der Waals surface area contributed by atoms with E-state index in [4.69, 9.17) is 5.73 Å². The Hall–Kier alpha value is -2.08. The molecule has 1 aliphatic rings. The minimum Gasteiger partial charge on any atom is -0.369 e. The Labute approximate surface area is 118 Å². The average molecular weight is 276 g/mol. The first-order valence-corrected chi connectivity index (χ1v) is 6.66. The monoisotopic (exact) mass is 276 g/mol. The van der Waals surface area contributed by atoms with Gasteiger partial charge in [0.05, 0.1) is 0 Å². The van der Waals surface area contributed by atoms with Gasteiger partial charge in [0, 0.05) is 38.4 Å². The van der Waals surface area contributed by atoms with Crippen LogP contribution < -0.4 is 16.0 Å². The zero-order valence-corrected chi connectivity index (χ0v) is 11.6. The van der Waals surface area contributed by atoms with Gasteiger partial charge in [-0.25, -0.2) is 0 Å². The Morgan fingerprint density at radius 2 is 1.75 bits per heavy atom. The van der Waals surface area contributed by atoms with Crippen LogP contribution >= 0.6 is 0 Å². The number of benzene rings is 1. The van der Waals surface area contributed by atoms with Gasteiger partial charge in [0.1, 0.15) is 0 Å². The Morgan fingerprint density at radius 1 is 1.15 bits per heavy atom. The van der Waals surface area contributed by atoms with Gasteiger partial charge in [-0.3, -0.25) is 9.59 Å². The van der Waals surface area contributed by atoms with Gasteiger partial charge in [-0.15, -0.1) is 0 Å². The molecule has 0 saturated carbocycles. The predicted molar refractivity (Wildman–Crippen MR) is 77.2 cm³/mol. The van der Waals surface area contributed by atoms with E-state index in [-0.39, 0.29) is 0 Å². The molecule has 1 saturated heterocycles. The van der Waals surface area contributed by atoms with Crippen LogP contribution in [0.25, 0.3) is 0 Å². The van der Waals surface area contributed by atoms with E-state index < -0.39 is 11.8 Å². The average Bonchev–Trinajstić information content (AvgIpc) is 2.46. The fourth-order valence-electron chi connectivity index (χ4n) is 2.16. The fraction of sp³-hybridized carbons (Fsp3) is 0.429. The molecule has 0 atom stereocenters. The molecule has 0 bridgehead atoms. The molecule has 3 N–H and O–H groups in total. The Morgan fingerprint density at radius 3 is 2.30 bits per heavy atom. The molecule has 108 valence electrons. The maximum absolute atomic E-state index is 11.1. The number of primary amides is 1. The van der Waals surface area contributed by atoms with Crippen molar-refractivity contribution in [3.63, 3.8) is 0 Å². The number of nitrogens with two attached hydrogens (primary N) is 1. The minimum absolute atomic E-state index is 0.310. The van der Waals surface area contributed by atoms with Crippen molar-refractivity contribution < 1.29 is 9.59 Å². The molecule has 2 rings (SSSR count). The third-order valence-electron chi connectivity index (χ3n) is 3.48. The third kappa shape index (κ3) is 3.71. The summed E-state index contributed by atoms with van der Waals surface area (Å²) >= 11 is 0. The molecular weight excluding hydrogens is 256 g/mol. The van der Waals surface area contributed by atoms with Crippen LogP contribution in [0.1, 0.15) is 5.56 Å². The van der Waals surface area contributed by atoms with Crippen LogP contribution in [0, 0.1) is 0 Å². The molecule has 0 aromatic heterocycles. The molecule has 0 radical (unpaired) electrons. The molecule has 1 aromatic rings. The van der Waals surface area contributed by atoms with Gasteiger partial charge in [-0.1, -0.05) is 12.1 Å². The van der Waals surface area contributed by atoms with E-state index in [0.29, 0.717) is 6.54 Å². The lowest BCUT2D eigenvalue weighted by molar-refractivity contribution is -0.137.